The van der Waals surface area contributed by atoms with E-state index >= 15 is 0 Å². The molecule has 0 aromatic carbocycles. The predicted molar refractivity (Wildman–Crippen MR) is 49.7 cm³/mol. The highest BCUT2D eigenvalue weighted by molar-refractivity contribution is 5.68. The van der Waals surface area contributed by atoms with Crippen molar-refractivity contribution in [3.8, 4) is 11.4 Å². The first kappa shape index (κ1) is 7.67. The average Bonchev–Trinajstić information content (AvgIpc) is 2.20. The molecule has 4 nitrogen and oxygen atoms in total. The van der Waals surface area contributed by atoms with E-state index in [1.54, 1.807) is 36.9 Å². The molecular formula is C9H8N4. The van der Waals surface area contributed by atoms with Crippen LogP contribution in [0.25, 0.3) is 11.4 Å². The van der Waals surface area contributed by atoms with Crippen LogP contribution in [0.2, 0.25) is 0 Å². The zero-order chi connectivity index (χ0) is 9.10. The van der Waals surface area contributed by atoms with Crippen LogP contribution < -0.4 is 5.73 Å². The summed E-state index contributed by atoms with van der Waals surface area (Å²) < 4.78 is 0. The van der Waals surface area contributed by atoms with Gasteiger partial charge in [-0.25, -0.2) is 0 Å². The normalized spacial score (nSPS) is 9.85. The molecule has 0 saturated carbocycles. The van der Waals surface area contributed by atoms with Gasteiger partial charge in [-0.2, -0.15) is 0 Å². The molecule has 0 aliphatic heterocycles. The number of pyridine rings is 1. The lowest BCUT2D eigenvalue weighted by molar-refractivity contribution is 1.18. The Kier molecular flexibility index (Phi) is 1.88. The first-order chi connectivity index (χ1) is 6.38. The predicted octanol–water partition coefficient (Wildman–Crippen LogP) is 1.12. The van der Waals surface area contributed by atoms with Crippen LogP contribution in [0, 0.1) is 0 Å². The van der Waals surface area contributed by atoms with Crippen LogP contribution in [0.3, 0.4) is 0 Å². The van der Waals surface area contributed by atoms with Crippen LogP contribution in [-0.4, -0.2) is 15.0 Å². The molecule has 4 heteroatoms. The molecule has 13 heavy (non-hydrogen) atoms. The summed E-state index contributed by atoms with van der Waals surface area (Å²) in [6, 6.07) is 3.58. The molecule has 2 heterocycles. The zero-order valence-corrected chi connectivity index (χ0v) is 6.88. The summed E-state index contributed by atoms with van der Waals surface area (Å²) in [7, 11) is 0. The second kappa shape index (κ2) is 3.18. The molecule has 0 fully saturated rings. The van der Waals surface area contributed by atoms with Crippen molar-refractivity contribution in [1.29, 1.82) is 0 Å². The van der Waals surface area contributed by atoms with E-state index in [1.807, 2.05) is 0 Å². The summed E-state index contributed by atoms with van der Waals surface area (Å²) in [5.41, 5.74) is 7.71. The third kappa shape index (κ3) is 1.46. The molecule has 0 unspecified atom stereocenters. The number of nitrogen functional groups attached to an aromatic ring is 1. The van der Waals surface area contributed by atoms with Crippen LogP contribution in [-0.2, 0) is 0 Å². The van der Waals surface area contributed by atoms with Gasteiger partial charge in [-0.15, -0.1) is 0 Å². The SMILES string of the molecule is Nc1cccnc1-c1cnccn1. The van der Waals surface area contributed by atoms with Crippen molar-refractivity contribution in [2.75, 3.05) is 5.73 Å². The summed E-state index contributed by atoms with van der Waals surface area (Å²) in [6.07, 6.45) is 6.55. The van der Waals surface area contributed by atoms with Gasteiger partial charge in [-0.1, -0.05) is 0 Å². The fourth-order valence-electron chi connectivity index (χ4n) is 1.05. The van der Waals surface area contributed by atoms with Gasteiger partial charge >= 0.3 is 0 Å². The molecule has 0 amide bonds. The van der Waals surface area contributed by atoms with E-state index in [2.05, 4.69) is 15.0 Å². The van der Waals surface area contributed by atoms with Crippen molar-refractivity contribution in [1.82, 2.24) is 15.0 Å². The van der Waals surface area contributed by atoms with E-state index < -0.39 is 0 Å². The van der Waals surface area contributed by atoms with Gasteiger partial charge in [0.05, 0.1) is 11.9 Å². The van der Waals surface area contributed by atoms with Crippen molar-refractivity contribution in [3.05, 3.63) is 36.9 Å². The lowest BCUT2D eigenvalue weighted by Gasteiger charge is -2.01. The molecule has 2 aromatic rings. The molecule has 0 aliphatic carbocycles. The molecule has 2 aromatic heterocycles. The van der Waals surface area contributed by atoms with Gasteiger partial charge in [0.2, 0.25) is 0 Å². The Bertz CT molecular complexity index is 399. The Morgan fingerprint density at radius 1 is 1.08 bits per heavy atom. The van der Waals surface area contributed by atoms with Gasteiger partial charge in [0.25, 0.3) is 0 Å². The van der Waals surface area contributed by atoms with E-state index in [-0.39, 0.29) is 0 Å². The van der Waals surface area contributed by atoms with Crippen LogP contribution >= 0.6 is 0 Å². The molecule has 64 valence electrons. The van der Waals surface area contributed by atoms with Gasteiger partial charge in [-0.3, -0.25) is 15.0 Å². The Morgan fingerprint density at radius 2 is 2.00 bits per heavy atom. The lowest BCUT2D eigenvalue weighted by atomic mass is 10.2. The quantitative estimate of drug-likeness (QED) is 0.700. The fourth-order valence-corrected chi connectivity index (χ4v) is 1.05. The van der Waals surface area contributed by atoms with Crippen molar-refractivity contribution >= 4 is 5.69 Å². The third-order valence-electron chi connectivity index (χ3n) is 1.64. The van der Waals surface area contributed by atoms with Gasteiger partial charge in [-0.05, 0) is 12.1 Å². The number of nitrogens with two attached hydrogens (primary N) is 1. The maximum absolute atomic E-state index is 5.72. The highest BCUT2D eigenvalue weighted by Crippen LogP contribution is 2.18. The van der Waals surface area contributed by atoms with Crippen LogP contribution in [0.15, 0.2) is 36.9 Å². The number of aromatic nitrogens is 3. The average molecular weight is 172 g/mol. The Balaban J connectivity index is 2.54. The molecule has 0 radical (unpaired) electrons. The minimum atomic E-state index is 0.614. The van der Waals surface area contributed by atoms with Crippen LogP contribution in [0.5, 0.6) is 0 Å². The monoisotopic (exact) mass is 172 g/mol. The first-order valence-electron chi connectivity index (χ1n) is 3.85. The smallest absolute Gasteiger partial charge is 0.113 e. The maximum atomic E-state index is 5.72. The molecule has 0 aliphatic rings. The van der Waals surface area contributed by atoms with E-state index in [1.165, 1.54) is 0 Å². The maximum Gasteiger partial charge on any atom is 0.113 e. The van der Waals surface area contributed by atoms with Gasteiger partial charge in [0.15, 0.2) is 0 Å². The number of rotatable bonds is 1. The number of nitrogens with zero attached hydrogens (tertiary/aromatic N) is 3. The summed E-state index contributed by atoms with van der Waals surface area (Å²) in [6.45, 7) is 0. The molecule has 2 N–H and O–H groups in total. The highest BCUT2D eigenvalue weighted by Gasteiger charge is 2.02. The summed E-state index contributed by atoms with van der Waals surface area (Å²) in [5, 5.41) is 0. The summed E-state index contributed by atoms with van der Waals surface area (Å²) in [5.74, 6) is 0. The lowest BCUT2D eigenvalue weighted by Crippen LogP contribution is -1.94. The minimum Gasteiger partial charge on any atom is -0.397 e. The molecule has 2 rings (SSSR count). The van der Waals surface area contributed by atoms with Gasteiger partial charge in [0, 0.05) is 18.6 Å². The van der Waals surface area contributed by atoms with E-state index in [0.29, 0.717) is 17.1 Å². The molecule has 0 spiro atoms. The first-order valence-corrected chi connectivity index (χ1v) is 3.85. The van der Waals surface area contributed by atoms with Crippen molar-refractivity contribution in [2.24, 2.45) is 0 Å². The molecule has 0 saturated heterocycles. The molecular weight excluding hydrogens is 164 g/mol. The highest BCUT2D eigenvalue weighted by atomic mass is 14.8. The van der Waals surface area contributed by atoms with Crippen molar-refractivity contribution in [3.63, 3.8) is 0 Å². The Morgan fingerprint density at radius 3 is 2.69 bits per heavy atom. The largest absolute Gasteiger partial charge is 0.397 e. The topological polar surface area (TPSA) is 64.7 Å². The zero-order valence-electron chi connectivity index (χ0n) is 6.88. The minimum absolute atomic E-state index is 0.614. The number of hydrogen-bond acceptors (Lipinski definition) is 4. The standard InChI is InChI=1S/C9H8N4/c10-7-2-1-3-13-9(7)8-6-11-4-5-12-8/h1-6H,10H2. The third-order valence-corrected chi connectivity index (χ3v) is 1.64. The van der Waals surface area contributed by atoms with Crippen molar-refractivity contribution < 1.29 is 0 Å². The summed E-state index contributed by atoms with van der Waals surface area (Å²) >= 11 is 0. The van der Waals surface area contributed by atoms with Gasteiger partial charge < -0.3 is 5.73 Å². The van der Waals surface area contributed by atoms with E-state index in [4.69, 9.17) is 5.73 Å². The number of hydrogen-bond donors (Lipinski definition) is 1. The van der Waals surface area contributed by atoms with Crippen LogP contribution in [0.4, 0.5) is 5.69 Å². The second-order valence-corrected chi connectivity index (χ2v) is 2.53. The molecule has 0 atom stereocenters. The van der Waals surface area contributed by atoms with Crippen LogP contribution in [0.1, 0.15) is 0 Å². The van der Waals surface area contributed by atoms with Gasteiger partial charge in [0.1, 0.15) is 11.4 Å². The summed E-state index contributed by atoms with van der Waals surface area (Å²) in [4.78, 5) is 12.2. The van der Waals surface area contributed by atoms with E-state index in [0.717, 1.165) is 0 Å². The van der Waals surface area contributed by atoms with Crippen molar-refractivity contribution in [2.45, 2.75) is 0 Å². The molecule has 0 bridgehead atoms. The van der Waals surface area contributed by atoms with E-state index in [9.17, 15) is 0 Å². The number of anilines is 1. The second-order valence-electron chi connectivity index (χ2n) is 2.53. The Hall–Kier alpha value is -1.97. The fraction of sp³-hybridized carbons (Fsp3) is 0. The Labute approximate surface area is 75.5 Å².